The van der Waals surface area contributed by atoms with Crippen molar-refractivity contribution in [2.24, 2.45) is 10.9 Å². The Balaban J connectivity index is 1.91. The predicted octanol–water partition coefficient (Wildman–Crippen LogP) is 2.64. The van der Waals surface area contributed by atoms with Gasteiger partial charge in [0, 0.05) is 31.3 Å². The van der Waals surface area contributed by atoms with Crippen LogP contribution in [-0.4, -0.2) is 64.0 Å². The number of guanidine groups is 1. The second kappa shape index (κ2) is 10.4. The van der Waals surface area contributed by atoms with Crippen molar-refractivity contribution >= 4 is 5.96 Å². The largest absolute Gasteiger partial charge is 0.497 e. The Morgan fingerprint density at radius 3 is 2.68 bits per heavy atom. The molecule has 0 amide bonds. The van der Waals surface area contributed by atoms with E-state index in [9.17, 15) is 13.2 Å². The molecule has 9 heteroatoms. The van der Waals surface area contributed by atoms with Gasteiger partial charge in [-0.1, -0.05) is 0 Å². The van der Waals surface area contributed by atoms with E-state index < -0.39 is 12.7 Å². The van der Waals surface area contributed by atoms with Crippen LogP contribution in [-0.2, 0) is 6.54 Å². The standard InChI is InChI=1S/C19H29F3N4O2/c1-4-23-18(24-10-14-7-8-26(12-14)13-19(20,21)22)25-11-15-5-6-16(27-2)9-17(15)28-3/h5-6,9,14H,4,7-8,10-13H2,1-3H3,(H2,23,24,25). The molecule has 6 nitrogen and oxygen atoms in total. The highest BCUT2D eigenvalue weighted by Gasteiger charge is 2.34. The van der Waals surface area contributed by atoms with Crippen molar-refractivity contribution in [3.63, 3.8) is 0 Å². The first kappa shape index (κ1) is 22.1. The summed E-state index contributed by atoms with van der Waals surface area (Å²) in [7, 11) is 3.19. The molecule has 0 radical (unpaired) electrons. The minimum atomic E-state index is -4.14. The Hall–Kier alpha value is -2.16. The van der Waals surface area contributed by atoms with Crippen LogP contribution in [0.15, 0.2) is 23.2 Å². The fraction of sp³-hybridized carbons (Fsp3) is 0.632. The van der Waals surface area contributed by atoms with Crippen molar-refractivity contribution in [1.29, 1.82) is 0 Å². The van der Waals surface area contributed by atoms with Gasteiger partial charge in [0.15, 0.2) is 5.96 Å². The molecular weight excluding hydrogens is 373 g/mol. The molecule has 1 aromatic rings. The van der Waals surface area contributed by atoms with E-state index in [4.69, 9.17) is 9.47 Å². The van der Waals surface area contributed by atoms with Gasteiger partial charge in [-0.2, -0.15) is 13.2 Å². The summed E-state index contributed by atoms with van der Waals surface area (Å²) in [5.74, 6) is 2.20. The molecule has 2 N–H and O–H groups in total. The molecule has 1 aliphatic heterocycles. The van der Waals surface area contributed by atoms with Crippen molar-refractivity contribution in [2.75, 3.05) is 46.9 Å². The van der Waals surface area contributed by atoms with Gasteiger partial charge in [-0.05, 0) is 37.9 Å². The Bertz CT molecular complexity index is 653. The van der Waals surface area contributed by atoms with Crippen molar-refractivity contribution in [2.45, 2.75) is 26.1 Å². The Morgan fingerprint density at radius 2 is 2.04 bits per heavy atom. The molecule has 1 heterocycles. The van der Waals surface area contributed by atoms with Crippen LogP contribution < -0.4 is 20.1 Å². The van der Waals surface area contributed by atoms with E-state index in [1.807, 2.05) is 19.1 Å². The van der Waals surface area contributed by atoms with Crippen LogP contribution in [0.5, 0.6) is 11.5 Å². The van der Waals surface area contributed by atoms with Gasteiger partial charge in [-0.3, -0.25) is 4.90 Å². The number of alkyl halides is 3. The lowest BCUT2D eigenvalue weighted by atomic mass is 10.1. The predicted molar refractivity (Wildman–Crippen MR) is 103 cm³/mol. The topological polar surface area (TPSA) is 58.1 Å². The maximum atomic E-state index is 12.5. The lowest BCUT2D eigenvalue weighted by Crippen LogP contribution is -2.40. The third-order valence-corrected chi connectivity index (χ3v) is 4.58. The molecule has 2 rings (SSSR count). The molecule has 0 aromatic heterocycles. The van der Waals surface area contributed by atoms with E-state index in [0.29, 0.717) is 50.2 Å². The van der Waals surface area contributed by atoms with Crippen LogP contribution in [0.1, 0.15) is 18.9 Å². The van der Waals surface area contributed by atoms with Gasteiger partial charge >= 0.3 is 6.18 Å². The summed E-state index contributed by atoms with van der Waals surface area (Å²) in [6.45, 7) is 3.73. The first-order valence-corrected chi connectivity index (χ1v) is 9.36. The summed E-state index contributed by atoms with van der Waals surface area (Å²) in [5.41, 5.74) is 0.915. The number of methoxy groups -OCH3 is 2. The van der Waals surface area contributed by atoms with Crippen LogP contribution in [0, 0.1) is 5.92 Å². The number of aliphatic imine (C=N–C) groups is 1. The van der Waals surface area contributed by atoms with E-state index in [2.05, 4.69) is 15.6 Å². The van der Waals surface area contributed by atoms with Gasteiger partial charge < -0.3 is 20.1 Å². The van der Waals surface area contributed by atoms with Crippen LogP contribution in [0.4, 0.5) is 13.2 Å². The van der Waals surface area contributed by atoms with E-state index >= 15 is 0 Å². The van der Waals surface area contributed by atoms with Gasteiger partial charge in [0.1, 0.15) is 11.5 Å². The number of halogens is 3. The number of hydrogen-bond donors (Lipinski definition) is 2. The first-order chi connectivity index (χ1) is 13.3. The van der Waals surface area contributed by atoms with Gasteiger partial charge in [-0.15, -0.1) is 0 Å². The monoisotopic (exact) mass is 402 g/mol. The summed E-state index contributed by atoms with van der Waals surface area (Å²) in [6.07, 6.45) is -3.40. The van der Waals surface area contributed by atoms with Crippen molar-refractivity contribution in [3.05, 3.63) is 23.8 Å². The fourth-order valence-electron chi connectivity index (χ4n) is 3.21. The van der Waals surface area contributed by atoms with Crippen molar-refractivity contribution in [1.82, 2.24) is 15.5 Å². The number of likely N-dealkylation sites (tertiary alicyclic amines) is 1. The molecule has 1 fully saturated rings. The molecule has 0 saturated carbocycles. The van der Waals surface area contributed by atoms with Gasteiger partial charge in [0.05, 0.1) is 27.3 Å². The lowest BCUT2D eigenvalue weighted by Gasteiger charge is -2.18. The zero-order valence-corrected chi connectivity index (χ0v) is 16.6. The van der Waals surface area contributed by atoms with Crippen LogP contribution in [0.3, 0.4) is 0 Å². The zero-order valence-electron chi connectivity index (χ0n) is 16.6. The average Bonchev–Trinajstić information content (AvgIpc) is 3.09. The third-order valence-electron chi connectivity index (χ3n) is 4.58. The molecule has 1 unspecified atom stereocenters. The molecule has 0 bridgehead atoms. The first-order valence-electron chi connectivity index (χ1n) is 9.36. The molecule has 28 heavy (non-hydrogen) atoms. The zero-order chi connectivity index (χ0) is 20.6. The molecule has 158 valence electrons. The number of nitrogens with zero attached hydrogens (tertiary/aromatic N) is 2. The van der Waals surface area contributed by atoms with E-state index in [1.165, 1.54) is 4.90 Å². The number of benzene rings is 1. The molecule has 1 aliphatic rings. The maximum absolute atomic E-state index is 12.5. The van der Waals surface area contributed by atoms with Crippen LogP contribution in [0.2, 0.25) is 0 Å². The highest BCUT2D eigenvalue weighted by atomic mass is 19.4. The summed E-state index contributed by atoms with van der Waals surface area (Å²) >= 11 is 0. The average molecular weight is 402 g/mol. The summed E-state index contributed by atoms with van der Waals surface area (Å²) in [4.78, 5) is 6.02. The minimum Gasteiger partial charge on any atom is -0.497 e. The Kier molecular flexibility index (Phi) is 8.22. The second-order valence-corrected chi connectivity index (χ2v) is 6.76. The van der Waals surface area contributed by atoms with Crippen LogP contribution in [0.25, 0.3) is 0 Å². The third kappa shape index (κ3) is 7.10. The van der Waals surface area contributed by atoms with E-state index in [1.54, 1.807) is 20.3 Å². The van der Waals surface area contributed by atoms with Gasteiger partial charge in [0.25, 0.3) is 0 Å². The lowest BCUT2D eigenvalue weighted by molar-refractivity contribution is -0.143. The van der Waals surface area contributed by atoms with E-state index in [0.717, 1.165) is 12.0 Å². The molecule has 0 aliphatic carbocycles. The number of ether oxygens (including phenoxy) is 2. The van der Waals surface area contributed by atoms with Gasteiger partial charge in [0.2, 0.25) is 0 Å². The SMILES string of the molecule is CCNC(=NCc1ccc(OC)cc1OC)NCC1CCN(CC(F)(F)F)C1. The van der Waals surface area contributed by atoms with E-state index in [-0.39, 0.29) is 5.92 Å². The molecule has 1 atom stereocenters. The number of nitrogens with one attached hydrogen (secondary N) is 2. The minimum absolute atomic E-state index is 0.168. The smallest absolute Gasteiger partial charge is 0.401 e. The summed E-state index contributed by atoms with van der Waals surface area (Å²) in [5, 5.41) is 6.41. The molecule has 1 aromatic carbocycles. The Morgan fingerprint density at radius 1 is 1.25 bits per heavy atom. The van der Waals surface area contributed by atoms with Crippen LogP contribution >= 0.6 is 0 Å². The fourth-order valence-corrected chi connectivity index (χ4v) is 3.21. The van der Waals surface area contributed by atoms with Crippen molar-refractivity contribution in [3.8, 4) is 11.5 Å². The van der Waals surface area contributed by atoms with Gasteiger partial charge in [-0.25, -0.2) is 4.99 Å². The quantitative estimate of drug-likeness (QED) is 0.517. The summed E-state index contributed by atoms with van der Waals surface area (Å²) < 4.78 is 48.1. The summed E-state index contributed by atoms with van der Waals surface area (Å²) in [6, 6.07) is 5.55. The highest BCUT2D eigenvalue weighted by molar-refractivity contribution is 5.79. The Labute approximate surface area is 164 Å². The number of hydrogen-bond acceptors (Lipinski definition) is 4. The number of rotatable bonds is 8. The molecular formula is C19H29F3N4O2. The second-order valence-electron chi connectivity index (χ2n) is 6.76. The highest BCUT2D eigenvalue weighted by Crippen LogP contribution is 2.25. The molecule has 0 spiro atoms. The maximum Gasteiger partial charge on any atom is 0.401 e. The van der Waals surface area contributed by atoms with Crippen molar-refractivity contribution < 1.29 is 22.6 Å². The molecule has 1 saturated heterocycles. The normalized spacial score (nSPS) is 18.2.